The van der Waals surface area contributed by atoms with Gasteiger partial charge in [0.25, 0.3) is 3.79 Å². The Morgan fingerprint density at radius 1 is 1.31 bits per heavy atom. The molecule has 0 saturated carbocycles. The van der Waals surface area contributed by atoms with Gasteiger partial charge in [0.1, 0.15) is 6.61 Å². The van der Waals surface area contributed by atoms with Gasteiger partial charge in [-0.25, -0.2) is 4.79 Å². The fraction of sp³-hybridized carbons (Fsp3) is 0.833. The Morgan fingerprint density at radius 3 is 2.08 bits per heavy atom. The first-order chi connectivity index (χ1) is 5.91. The average Bonchev–Trinajstić information content (AvgIpc) is 2.04. The lowest BCUT2D eigenvalue weighted by Gasteiger charge is -2.15. The van der Waals surface area contributed by atoms with E-state index in [9.17, 15) is 4.79 Å². The maximum Gasteiger partial charge on any atom is 0.358 e. The summed E-state index contributed by atoms with van der Waals surface area (Å²) in [6.07, 6.45) is -0.656. The molecule has 0 fully saturated rings. The molecule has 7 heteroatoms. The van der Waals surface area contributed by atoms with Crippen LogP contribution in [0.3, 0.4) is 0 Å². The van der Waals surface area contributed by atoms with Gasteiger partial charge in [-0.2, -0.15) is 0 Å². The molecule has 78 valence electrons. The van der Waals surface area contributed by atoms with Crippen molar-refractivity contribution in [3.05, 3.63) is 0 Å². The van der Waals surface area contributed by atoms with Gasteiger partial charge in [-0.05, 0) is 0 Å². The van der Waals surface area contributed by atoms with E-state index in [1.807, 2.05) is 0 Å². The summed E-state index contributed by atoms with van der Waals surface area (Å²) in [5.74, 6) is -0.961. The monoisotopic (exact) mass is 250 g/mol. The van der Waals surface area contributed by atoms with E-state index in [2.05, 4.69) is 4.74 Å². The Kier molecular flexibility index (Phi) is 6.00. The standard InChI is InChI=1S/C6H9Cl3O4/c1-11-4(12-2)3-13-5(10)6(7,8)9/h4H,3H2,1-2H3. The summed E-state index contributed by atoms with van der Waals surface area (Å²) in [5, 5.41) is 0. The number of esters is 1. The van der Waals surface area contributed by atoms with Gasteiger partial charge in [0.15, 0.2) is 6.29 Å². The number of carbonyl (C=O) groups is 1. The van der Waals surface area contributed by atoms with Crippen molar-refractivity contribution in [3.63, 3.8) is 0 Å². The topological polar surface area (TPSA) is 44.8 Å². The molecule has 0 aromatic carbocycles. The smallest absolute Gasteiger partial charge is 0.358 e. The van der Waals surface area contributed by atoms with Crippen LogP contribution in [0.4, 0.5) is 0 Å². The molecule has 0 spiro atoms. The summed E-state index contributed by atoms with van der Waals surface area (Å²) in [6, 6.07) is 0. The van der Waals surface area contributed by atoms with E-state index >= 15 is 0 Å². The summed E-state index contributed by atoms with van der Waals surface area (Å²) in [4.78, 5) is 10.9. The number of alkyl halides is 3. The number of rotatable bonds is 4. The average molecular weight is 251 g/mol. The normalized spacial score (nSPS) is 11.8. The second-order valence-electron chi connectivity index (χ2n) is 2.00. The van der Waals surface area contributed by atoms with Crippen molar-refractivity contribution in [2.75, 3.05) is 20.8 Å². The third kappa shape index (κ3) is 5.54. The molecule has 0 unspecified atom stereocenters. The van der Waals surface area contributed by atoms with E-state index in [0.29, 0.717) is 0 Å². The van der Waals surface area contributed by atoms with Crippen molar-refractivity contribution < 1.29 is 19.0 Å². The van der Waals surface area contributed by atoms with Crippen molar-refractivity contribution in [1.29, 1.82) is 0 Å². The summed E-state index contributed by atoms with van der Waals surface area (Å²) < 4.78 is 12.0. The van der Waals surface area contributed by atoms with Crippen LogP contribution >= 0.6 is 34.8 Å². The molecule has 0 aliphatic rings. The quantitative estimate of drug-likeness (QED) is 0.432. The third-order valence-corrected chi connectivity index (χ3v) is 1.57. The lowest BCUT2D eigenvalue weighted by atomic mass is 10.6. The number of ether oxygens (including phenoxy) is 3. The molecule has 0 heterocycles. The zero-order valence-corrected chi connectivity index (χ0v) is 9.32. The largest absolute Gasteiger partial charge is 0.457 e. The Hall–Kier alpha value is 0.260. The molecule has 0 bridgehead atoms. The van der Waals surface area contributed by atoms with Crippen LogP contribution in [0.15, 0.2) is 0 Å². The number of methoxy groups -OCH3 is 2. The van der Waals surface area contributed by atoms with Crippen LogP contribution in [-0.4, -0.2) is 36.9 Å². The van der Waals surface area contributed by atoms with E-state index in [0.717, 1.165) is 0 Å². The molecular formula is C6H9Cl3O4. The number of hydrogen-bond donors (Lipinski definition) is 0. The lowest BCUT2D eigenvalue weighted by molar-refractivity contribution is -0.165. The molecule has 0 aliphatic heterocycles. The first-order valence-electron chi connectivity index (χ1n) is 3.21. The molecule has 4 nitrogen and oxygen atoms in total. The van der Waals surface area contributed by atoms with Gasteiger partial charge >= 0.3 is 5.97 Å². The Morgan fingerprint density at radius 2 is 1.77 bits per heavy atom. The summed E-state index contributed by atoms with van der Waals surface area (Å²) >= 11 is 15.7. The first-order valence-corrected chi connectivity index (χ1v) is 4.34. The van der Waals surface area contributed by atoms with Gasteiger partial charge < -0.3 is 14.2 Å². The zero-order chi connectivity index (χ0) is 10.5. The van der Waals surface area contributed by atoms with E-state index in [4.69, 9.17) is 44.3 Å². The van der Waals surface area contributed by atoms with Crippen molar-refractivity contribution in [2.45, 2.75) is 10.1 Å². The van der Waals surface area contributed by atoms with Crippen molar-refractivity contribution in [2.24, 2.45) is 0 Å². The molecular weight excluding hydrogens is 242 g/mol. The minimum atomic E-state index is -2.06. The lowest BCUT2D eigenvalue weighted by Crippen LogP contribution is -2.28. The van der Waals surface area contributed by atoms with E-state index in [-0.39, 0.29) is 6.61 Å². The minimum absolute atomic E-state index is 0.125. The maximum absolute atomic E-state index is 10.9. The Bertz CT molecular complexity index is 164. The van der Waals surface area contributed by atoms with Crippen LogP contribution in [0.25, 0.3) is 0 Å². The molecule has 0 rings (SSSR count). The molecule has 0 aromatic rings. The highest BCUT2D eigenvalue weighted by atomic mass is 35.6. The van der Waals surface area contributed by atoms with Crippen molar-refractivity contribution in [1.82, 2.24) is 0 Å². The summed E-state index contributed by atoms with van der Waals surface area (Å²) in [7, 11) is 2.80. The molecule has 0 saturated heterocycles. The van der Waals surface area contributed by atoms with E-state index in [1.165, 1.54) is 14.2 Å². The number of hydrogen-bond acceptors (Lipinski definition) is 4. The second kappa shape index (κ2) is 5.88. The Balaban J connectivity index is 3.82. The van der Waals surface area contributed by atoms with Gasteiger partial charge in [-0.15, -0.1) is 0 Å². The fourth-order valence-corrected chi connectivity index (χ4v) is 0.622. The zero-order valence-electron chi connectivity index (χ0n) is 7.05. The minimum Gasteiger partial charge on any atom is -0.457 e. The van der Waals surface area contributed by atoms with Crippen LogP contribution in [0.1, 0.15) is 0 Å². The SMILES string of the molecule is COC(COC(=O)C(Cl)(Cl)Cl)OC. The van der Waals surface area contributed by atoms with Gasteiger partial charge in [0, 0.05) is 14.2 Å². The van der Waals surface area contributed by atoms with E-state index in [1.54, 1.807) is 0 Å². The van der Waals surface area contributed by atoms with Gasteiger partial charge in [0.05, 0.1) is 0 Å². The summed E-state index contributed by atoms with van der Waals surface area (Å²) in [6.45, 7) is -0.125. The maximum atomic E-state index is 10.9. The van der Waals surface area contributed by atoms with Crippen LogP contribution in [-0.2, 0) is 19.0 Å². The van der Waals surface area contributed by atoms with Crippen LogP contribution in [0, 0.1) is 0 Å². The molecule has 0 amide bonds. The molecule has 0 aromatic heterocycles. The first kappa shape index (κ1) is 13.3. The third-order valence-electron chi connectivity index (χ3n) is 1.11. The molecule has 13 heavy (non-hydrogen) atoms. The van der Waals surface area contributed by atoms with E-state index < -0.39 is 16.1 Å². The van der Waals surface area contributed by atoms with Crippen LogP contribution in [0.5, 0.6) is 0 Å². The molecule has 0 atom stereocenters. The highest BCUT2D eigenvalue weighted by Crippen LogP contribution is 2.27. The number of halogens is 3. The highest BCUT2D eigenvalue weighted by Gasteiger charge is 2.33. The van der Waals surface area contributed by atoms with Crippen molar-refractivity contribution in [3.8, 4) is 0 Å². The van der Waals surface area contributed by atoms with Crippen molar-refractivity contribution >= 4 is 40.8 Å². The second-order valence-corrected chi connectivity index (χ2v) is 4.28. The molecule has 0 aliphatic carbocycles. The van der Waals surface area contributed by atoms with Crippen LogP contribution < -0.4 is 0 Å². The number of carbonyl (C=O) groups excluding carboxylic acids is 1. The Labute approximate surface area is 91.0 Å². The predicted octanol–water partition coefficient (Wildman–Crippen LogP) is 1.52. The van der Waals surface area contributed by atoms with Gasteiger partial charge in [-0.3, -0.25) is 0 Å². The highest BCUT2D eigenvalue weighted by molar-refractivity contribution is 6.75. The molecule has 0 N–H and O–H groups in total. The molecule has 0 radical (unpaired) electrons. The predicted molar refractivity (Wildman–Crippen MR) is 49.1 cm³/mol. The van der Waals surface area contributed by atoms with Crippen LogP contribution in [0.2, 0.25) is 0 Å². The summed E-state index contributed by atoms with van der Waals surface area (Å²) in [5.41, 5.74) is 0. The van der Waals surface area contributed by atoms with Gasteiger partial charge in [-0.1, -0.05) is 34.8 Å². The van der Waals surface area contributed by atoms with Gasteiger partial charge in [0.2, 0.25) is 0 Å². The fourth-order valence-electron chi connectivity index (χ4n) is 0.458.